The number of aliphatic hydroxyl groups is 1. The maximum atomic E-state index is 12.2. The van der Waals surface area contributed by atoms with Gasteiger partial charge in [0, 0.05) is 12.6 Å². The number of benzene rings is 1. The van der Waals surface area contributed by atoms with Gasteiger partial charge in [0.2, 0.25) is 5.91 Å². The van der Waals surface area contributed by atoms with Crippen LogP contribution < -0.4 is 4.74 Å². The summed E-state index contributed by atoms with van der Waals surface area (Å²) in [7, 11) is 1.64. The zero-order valence-corrected chi connectivity index (χ0v) is 11.6. The molecule has 1 aliphatic carbocycles. The van der Waals surface area contributed by atoms with Crippen molar-refractivity contribution in [3.05, 3.63) is 29.3 Å². The highest BCUT2D eigenvalue weighted by Crippen LogP contribution is 2.27. The molecule has 4 nitrogen and oxygen atoms in total. The Kier molecular flexibility index (Phi) is 4.43. The number of hydrogen-bond donors (Lipinski definition) is 1. The van der Waals surface area contributed by atoms with Crippen LogP contribution in [0.2, 0.25) is 0 Å². The number of amides is 1. The van der Waals surface area contributed by atoms with Crippen molar-refractivity contribution in [2.24, 2.45) is 0 Å². The van der Waals surface area contributed by atoms with Crippen LogP contribution in [0.15, 0.2) is 18.2 Å². The fraction of sp³-hybridized carbons (Fsp3) is 0.533. The van der Waals surface area contributed by atoms with E-state index in [1.165, 1.54) is 0 Å². The Morgan fingerprint density at radius 2 is 2.21 bits per heavy atom. The highest BCUT2D eigenvalue weighted by atomic mass is 16.5. The zero-order valence-electron chi connectivity index (χ0n) is 11.6. The molecule has 1 amide bonds. The van der Waals surface area contributed by atoms with Gasteiger partial charge in [0.15, 0.2) is 0 Å². The van der Waals surface area contributed by atoms with E-state index in [0.717, 1.165) is 29.7 Å². The quantitative estimate of drug-likeness (QED) is 0.846. The van der Waals surface area contributed by atoms with Crippen LogP contribution >= 0.6 is 0 Å². The van der Waals surface area contributed by atoms with Gasteiger partial charge in [-0.3, -0.25) is 4.79 Å². The number of hydrogen-bond acceptors (Lipinski definition) is 3. The van der Waals surface area contributed by atoms with Crippen molar-refractivity contribution in [1.82, 2.24) is 4.90 Å². The van der Waals surface area contributed by atoms with Crippen LogP contribution in [-0.4, -0.2) is 42.2 Å². The lowest BCUT2D eigenvalue weighted by Crippen LogP contribution is -2.36. The number of carbonyl (C=O) groups excluding carboxylic acids is 1. The maximum absolute atomic E-state index is 12.2. The van der Waals surface area contributed by atoms with E-state index in [-0.39, 0.29) is 12.5 Å². The molecule has 0 aromatic heterocycles. The van der Waals surface area contributed by atoms with Gasteiger partial charge in [0.1, 0.15) is 5.75 Å². The first-order chi connectivity index (χ1) is 9.15. The second-order valence-electron chi connectivity index (χ2n) is 5.02. The highest BCUT2D eigenvalue weighted by molar-refractivity contribution is 5.79. The summed E-state index contributed by atoms with van der Waals surface area (Å²) in [6, 6.07) is 6.18. The predicted molar refractivity (Wildman–Crippen MR) is 73.3 cm³/mol. The van der Waals surface area contributed by atoms with E-state index < -0.39 is 0 Å². The zero-order chi connectivity index (χ0) is 13.8. The van der Waals surface area contributed by atoms with Crippen molar-refractivity contribution < 1.29 is 14.6 Å². The van der Waals surface area contributed by atoms with Gasteiger partial charge in [-0.25, -0.2) is 0 Å². The Morgan fingerprint density at radius 1 is 1.47 bits per heavy atom. The summed E-state index contributed by atoms with van der Waals surface area (Å²) in [4.78, 5) is 14.0. The minimum Gasteiger partial charge on any atom is -0.496 e. The molecule has 0 aliphatic heterocycles. The van der Waals surface area contributed by atoms with Gasteiger partial charge >= 0.3 is 0 Å². The molecular formula is C15H21NO3. The summed E-state index contributed by atoms with van der Waals surface area (Å²) >= 11 is 0. The first kappa shape index (κ1) is 13.9. The summed E-state index contributed by atoms with van der Waals surface area (Å²) in [5.74, 6) is 0.896. The average molecular weight is 263 g/mol. The van der Waals surface area contributed by atoms with Crippen LogP contribution in [-0.2, 0) is 11.2 Å². The monoisotopic (exact) mass is 263 g/mol. The van der Waals surface area contributed by atoms with E-state index in [2.05, 4.69) is 0 Å². The Morgan fingerprint density at radius 3 is 2.79 bits per heavy atom. The molecule has 1 N–H and O–H groups in total. The first-order valence-corrected chi connectivity index (χ1v) is 6.69. The van der Waals surface area contributed by atoms with E-state index >= 15 is 0 Å². The minimum atomic E-state index is 0.0272. The normalized spacial score (nSPS) is 14.3. The fourth-order valence-corrected chi connectivity index (χ4v) is 2.26. The second-order valence-corrected chi connectivity index (χ2v) is 5.02. The van der Waals surface area contributed by atoms with Crippen molar-refractivity contribution in [1.29, 1.82) is 0 Å². The van der Waals surface area contributed by atoms with Crippen molar-refractivity contribution in [3.8, 4) is 5.75 Å². The van der Waals surface area contributed by atoms with E-state index in [1.54, 1.807) is 12.0 Å². The first-order valence-electron chi connectivity index (χ1n) is 6.69. The summed E-state index contributed by atoms with van der Waals surface area (Å²) in [6.45, 7) is 2.44. The van der Waals surface area contributed by atoms with Crippen molar-refractivity contribution in [3.63, 3.8) is 0 Å². The third kappa shape index (κ3) is 3.47. The molecule has 4 heteroatoms. The molecule has 0 unspecified atom stereocenters. The topological polar surface area (TPSA) is 49.8 Å². The van der Waals surface area contributed by atoms with Gasteiger partial charge in [-0.15, -0.1) is 0 Å². The van der Waals surface area contributed by atoms with Crippen molar-refractivity contribution in [2.75, 3.05) is 20.3 Å². The van der Waals surface area contributed by atoms with Crippen molar-refractivity contribution in [2.45, 2.75) is 32.2 Å². The summed E-state index contributed by atoms with van der Waals surface area (Å²) in [6.07, 6.45) is 2.49. The molecule has 1 fully saturated rings. The van der Waals surface area contributed by atoms with Gasteiger partial charge in [0.05, 0.1) is 20.1 Å². The van der Waals surface area contributed by atoms with E-state index in [4.69, 9.17) is 9.84 Å². The molecule has 0 heterocycles. The number of aliphatic hydroxyl groups excluding tert-OH is 1. The molecule has 104 valence electrons. The Hall–Kier alpha value is -1.55. The van der Waals surface area contributed by atoms with Crippen LogP contribution in [0.1, 0.15) is 24.0 Å². The van der Waals surface area contributed by atoms with Gasteiger partial charge in [-0.1, -0.05) is 12.1 Å². The minimum absolute atomic E-state index is 0.0272. The average Bonchev–Trinajstić information content (AvgIpc) is 3.22. The molecule has 2 rings (SSSR count). The van der Waals surface area contributed by atoms with Crippen LogP contribution in [0.4, 0.5) is 0 Å². The predicted octanol–water partition coefficient (Wildman–Crippen LogP) is 1.53. The number of ether oxygens (including phenoxy) is 1. The Bertz CT molecular complexity index is 455. The molecule has 0 atom stereocenters. The van der Waals surface area contributed by atoms with Crippen LogP contribution in [0.25, 0.3) is 0 Å². The summed E-state index contributed by atoms with van der Waals surface area (Å²) in [5, 5.41) is 9.03. The lowest BCUT2D eigenvalue weighted by Gasteiger charge is -2.21. The largest absolute Gasteiger partial charge is 0.496 e. The standard InChI is InChI=1S/C15H21NO3/c1-11-3-4-12(9-14(11)19-2)10-15(18)16(7-8-17)13-5-6-13/h3-4,9,13,17H,5-8,10H2,1-2H3. The molecule has 1 aliphatic rings. The van der Waals surface area contributed by atoms with Crippen molar-refractivity contribution >= 4 is 5.91 Å². The lowest BCUT2D eigenvalue weighted by molar-refractivity contribution is -0.131. The smallest absolute Gasteiger partial charge is 0.227 e. The molecule has 1 aromatic carbocycles. The van der Waals surface area contributed by atoms with E-state index in [9.17, 15) is 4.79 Å². The SMILES string of the molecule is COc1cc(CC(=O)N(CCO)C2CC2)ccc1C. The van der Waals surface area contributed by atoms with Gasteiger partial charge in [0.25, 0.3) is 0 Å². The number of rotatable bonds is 6. The molecule has 0 spiro atoms. The number of methoxy groups -OCH3 is 1. The van der Waals surface area contributed by atoms with E-state index in [1.807, 2.05) is 25.1 Å². The van der Waals surface area contributed by atoms with Crippen LogP contribution in [0, 0.1) is 6.92 Å². The second kappa shape index (κ2) is 6.06. The summed E-state index contributed by atoms with van der Waals surface area (Å²) in [5.41, 5.74) is 2.02. The lowest BCUT2D eigenvalue weighted by atomic mass is 10.1. The van der Waals surface area contributed by atoms with Gasteiger partial charge in [-0.05, 0) is 37.0 Å². The molecule has 0 bridgehead atoms. The maximum Gasteiger partial charge on any atom is 0.227 e. The molecule has 1 aromatic rings. The van der Waals surface area contributed by atoms with E-state index in [0.29, 0.717) is 19.0 Å². The third-order valence-corrected chi connectivity index (χ3v) is 3.48. The van der Waals surface area contributed by atoms with Gasteiger partial charge < -0.3 is 14.7 Å². The number of nitrogens with zero attached hydrogens (tertiary/aromatic N) is 1. The Labute approximate surface area is 114 Å². The number of carbonyl (C=O) groups is 1. The Balaban J connectivity index is 2.04. The third-order valence-electron chi connectivity index (χ3n) is 3.48. The van der Waals surface area contributed by atoms with Gasteiger partial charge in [-0.2, -0.15) is 0 Å². The molecule has 1 saturated carbocycles. The molecule has 0 saturated heterocycles. The van der Waals surface area contributed by atoms with Crippen LogP contribution in [0.5, 0.6) is 5.75 Å². The summed E-state index contributed by atoms with van der Waals surface area (Å²) < 4.78 is 5.27. The fourth-order valence-electron chi connectivity index (χ4n) is 2.26. The highest BCUT2D eigenvalue weighted by Gasteiger charge is 2.31. The molecule has 19 heavy (non-hydrogen) atoms. The molecule has 0 radical (unpaired) electrons. The number of aryl methyl sites for hydroxylation is 1. The van der Waals surface area contributed by atoms with Crippen LogP contribution in [0.3, 0.4) is 0 Å². The molecular weight excluding hydrogens is 242 g/mol.